The maximum absolute atomic E-state index is 3.54. The lowest BCUT2D eigenvalue weighted by molar-refractivity contribution is 0.406. The Morgan fingerprint density at radius 1 is 1.38 bits per heavy atom. The van der Waals surface area contributed by atoms with E-state index in [9.17, 15) is 0 Å². The molecule has 0 fully saturated rings. The van der Waals surface area contributed by atoms with Gasteiger partial charge in [-0.25, -0.2) is 0 Å². The highest BCUT2D eigenvalue weighted by atomic mass is 14.9. The Kier molecular flexibility index (Phi) is 4.00. The van der Waals surface area contributed by atoms with Crippen molar-refractivity contribution >= 4 is 0 Å². The fourth-order valence-electron chi connectivity index (χ4n) is 2.89. The Bertz CT molecular complexity index is 332. The highest BCUT2D eigenvalue weighted by Crippen LogP contribution is 2.30. The Labute approximate surface area is 99.3 Å². The minimum Gasteiger partial charge on any atom is -0.312 e. The first-order valence-corrected chi connectivity index (χ1v) is 6.59. The molecule has 0 amide bonds. The summed E-state index contributed by atoms with van der Waals surface area (Å²) in [4.78, 5) is 0. The molecule has 1 aliphatic rings. The number of fused-ring (bicyclic) bond motifs is 1. The third kappa shape index (κ3) is 2.65. The van der Waals surface area contributed by atoms with E-state index in [1.165, 1.54) is 24.8 Å². The minimum atomic E-state index is 0.728. The average Bonchev–Trinajstić information content (AvgIpc) is 2.30. The van der Waals surface area contributed by atoms with Gasteiger partial charge in [0.2, 0.25) is 0 Å². The van der Waals surface area contributed by atoms with Crippen LogP contribution in [0.5, 0.6) is 0 Å². The van der Waals surface area contributed by atoms with Gasteiger partial charge in [-0.15, -0.1) is 0 Å². The SMILES string of the molecule is CCCC(C)CC1CNCc2ccccc21. The van der Waals surface area contributed by atoms with Crippen LogP contribution in [0, 0.1) is 5.92 Å². The first kappa shape index (κ1) is 11.7. The van der Waals surface area contributed by atoms with Crippen LogP contribution in [0.4, 0.5) is 0 Å². The van der Waals surface area contributed by atoms with Gasteiger partial charge in [-0.05, 0) is 29.4 Å². The molecule has 1 heterocycles. The van der Waals surface area contributed by atoms with Crippen LogP contribution in [-0.4, -0.2) is 6.54 Å². The normalized spacial score (nSPS) is 21.5. The Hall–Kier alpha value is -0.820. The molecule has 1 aromatic rings. The van der Waals surface area contributed by atoms with E-state index in [0.29, 0.717) is 0 Å². The van der Waals surface area contributed by atoms with Crippen LogP contribution >= 0.6 is 0 Å². The van der Waals surface area contributed by atoms with Gasteiger partial charge >= 0.3 is 0 Å². The lowest BCUT2D eigenvalue weighted by atomic mass is 9.83. The standard InChI is InChI=1S/C15H23N/c1-3-6-12(2)9-14-11-16-10-13-7-4-5-8-15(13)14/h4-5,7-8,12,14,16H,3,6,9-11H2,1-2H3. The molecule has 1 heteroatoms. The molecule has 16 heavy (non-hydrogen) atoms. The largest absolute Gasteiger partial charge is 0.312 e. The summed E-state index contributed by atoms with van der Waals surface area (Å²) in [5.41, 5.74) is 3.09. The number of rotatable bonds is 4. The van der Waals surface area contributed by atoms with Crippen molar-refractivity contribution in [2.24, 2.45) is 5.92 Å². The second-order valence-electron chi connectivity index (χ2n) is 5.16. The molecule has 0 aliphatic carbocycles. The molecule has 0 aromatic heterocycles. The summed E-state index contributed by atoms with van der Waals surface area (Å²) in [6, 6.07) is 8.92. The van der Waals surface area contributed by atoms with Crippen LogP contribution < -0.4 is 5.32 Å². The summed E-state index contributed by atoms with van der Waals surface area (Å²) in [6.45, 7) is 6.88. The summed E-state index contributed by atoms with van der Waals surface area (Å²) >= 11 is 0. The van der Waals surface area contributed by atoms with Gasteiger partial charge in [0.1, 0.15) is 0 Å². The molecule has 88 valence electrons. The molecule has 1 aliphatic heterocycles. The summed E-state index contributed by atoms with van der Waals surface area (Å²) in [6.07, 6.45) is 4.00. The average molecular weight is 217 g/mol. The highest BCUT2D eigenvalue weighted by molar-refractivity contribution is 5.32. The first-order chi connectivity index (χ1) is 7.81. The first-order valence-electron chi connectivity index (χ1n) is 6.59. The van der Waals surface area contributed by atoms with Crippen molar-refractivity contribution in [1.29, 1.82) is 0 Å². The summed E-state index contributed by atoms with van der Waals surface area (Å²) in [5.74, 6) is 1.58. The third-order valence-electron chi connectivity index (χ3n) is 3.67. The zero-order valence-electron chi connectivity index (χ0n) is 10.5. The van der Waals surface area contributed by atoms with Gasteiger partial charge in [0.05, 0.1) is 0 Å². The van der Waals surface area contributed by atoms with E-state index in [4.69, 9.17) is 0 Å². The molecule has 0 bridgehead atoms. The van der Waals surface area contributed by atoms with E-state index in [2.05, 4.69) is 43.4 Å². The Morgan fingerprint density at radius 3 is 3.00 bits per heavy atom. The van der Waals surface area contributed by atoms with Crippen molar-refractivity contribution in [3.8, 4) is 0 Å². The van der Waals surface area contributed by atoms with Gasteiger partial charge in [-0.1, -0.05) is 51.0 Å². The quantitative estimate of drug-likeness (QED) is 0.811. The van der Waals surface area contributed by atoms with E-state index < -0.39 is 0 Å². The van der Waals surface area contributed by atoms with Gasteiger partial charge < -0.3 is 5.32 Å². The molecule has 0 spiro atoms. The molecular weight excluding hydrogens is 194 g/mol. The van der Waals surface area contributed by atoms with Gasteiger partial charge in [-0.2, -0.15) is 0 Å². The van der Waals surface area contributed by atoms with Crippen molar-refractivity contribution in [3.63, 3.8) is 0 Å². The predicted octanol–water partition coefficient (Wildman–Crippen LogP) is 3.70. The molecule has 0 radical (unpaired) electrons. The molecular formula is C15H23N. The van der Waals surface area contributed by atoms with E-state index in [1.807, 2.05) is 0 Å². The van der Waals surface area contributed by atoms with E-state index in [0.717, 1.165) is 24.9 Å². The van der Waals surface area contributed by atoms with Crippen LogP contribution in [0.15, 0.2) is 24.3 Å². The minimum absolute atomic E-state index is 0.728. The van der Waals surface area contributed by atoms with Crippen molar-refractivity contribution in [3.05, 3.63) is 35.4 Å². The van der Waals surface area contributed by atoms with Crippen LogP contribution in [0.2, 0.25) is 0 Å². The molecule has 2 rings (SSSR count). The smallest absolute Gasteiger partial charge is 0.0208 e. The van der Waals surface area contributed by atoms with Crippen LogP contribution in [0.3, 0.4) is 0 Å². The fraction of sp³-hybridized carbons (Fsp3) is 0.600. The summed E-state index contributed by atoms with van der Waals surface area (Å²) < 4.78 is 0. The van der Waals surface area contributed by atoms with Gasteiger partial charge in [0, 0.05) is 13.1 Å². The van der Waals surface area contributed by atoms with Gasteiger partial charge in [0.15, 0.2) is 0 Å². The second kappa shape index (κ2) is 5.49. The lowest BCUT2D eigenvalue weighted by Crippen LogP contribution is -2.29. The predicted molar refractivity (Wildman–Crippen MR) is 69.6 cm³/mol. The number of benzene rings is 1. The third-order valence-corrected chi connectivity index (χ3v) is 3.67. The fourth-order valence-corrected chi connectivity index (χ4v) is 2.89. The van der Waals surface area contributed by atoms with Crippen molar-refractivity contribution in [1.82, 2.24) is 5.32 Å². The van der Waals surface area contributed by atoms with E-state index in [-0.39, 0.29) is 0 Å². The summed E-state index contributed by atoms with van der Waals surface area (Å²) in [7, 11) is 0. The lowest BCUT2D eigenvalue weighted by Gasteiger charge is -2.28. The zero-order valence-corrected chi connectivity index (χ0v) is 10.5. The maximum atomic E-state index is 3.54. The number of hydrogen-bond donors (Lipinski definition) is 1. The second-order valence-corrected chi connectivity index (χ2v) is 5.16. The Balaban J connectivity index is 2.07. The van der Waals surface area contributed by atoms with Gasteiger partial charge in [0.25, 0.3) is 0 Å². The maximum Gasteiger partial charge on any atom is 0.0208 e. The molecule has 0 saturated carbocycles. The van der Waals surface area contributed by atoms with Crippen molar-refractivity contribution in [2.75, 3.05) is 6.54 Å². The van der Waals surface area contributed by atoms with Gasteiger partial charge in [-0.3, -0.25) is 0 Å². The van der Waals surface area contributed by atoms with Crippen LogP contribution in [0.25, 0.3) is 0 Å². The molecule has 1 aromatic carbocycles. The van der Waals surface area contributed by atoms with Crippen LogP contribution in [0.1, 0.15) is 50.2 Å². The molecule has 2 unspecified atom stereocenters. The topological polar surface area (TPSA) is 12.0 Å². The molecule has 1 nitrogen and oxygen atoms in total. The van der Waals surface area contributed by atoms with E-state index >= 15 is 0 Å². The monoisotopic (exact) mass is 217 g/mol. The van der Waals surface area contributed by atoms with Crippen molar-refractivity contribution < 1.29 is 0 Å². The zero-order chi connectivity index (χ0) is 11.4. The highest BCUT2D eigenvalue weighted by Gasteiger charge is 2.20. The number of nitrogens with one attached hydrogen (secondary N) is 1. The molecule has 2 atom stereocenters. The molecule has 1 N–H and O–H groups in total. The van der Waals surface area contributed by atoms with E-state index in [1.54, 1.807) is 5.56 Å². The Morgan fingerprint density at radius 2 is 2.19 bits per heavy atom. The van der Waals surface area contributed by atoms with Crippen molar-refractivity contribution in [2.45, 2.75) is 45.6 Å². The number of hydrogen-bond acceptors (Lipinski definition) is 1. The molecule has 0 saturated heterocycles. The summed E-state index contributed by atoms with van der Waals surface area (Å²) in [5, 5.41) is 3.54. The van der Waals surface area contributed by atoms with Crippen LogP contribution in [-0.2, 0) is 6.54 Å².